The van der Waals surface area contributed by atoms with E-state index in [-0.39, 0.29) is 6.03 Å². The molecule has 1 aromatic carbocycles. The molecule has 2 rings (SSSR count). The molecule has 2 amide bonds. The Morgan fingerprint density at radius 3 is 2.86 bits per heavy atom. The highest BCUT2D eigenvalue weighted by Crippen LogP contribution is 2.24. The lowest BCUT2D eigenvalue weighted by Crippen LogP contribution is -2.44. The molecular weight excluding hydrogens is 276 g/mol. The van der Waals surface area contributed by atoms with Crippen LogP contribution in [0.3, 0.4) is 0 Å². The number of piperidine rings is 1. The first-order valence-corrected chi connectivity index (χ1v) is 6.74. The smallest absolute Gasteiger partial charge is 0.341 e. The number of anilines is 1. The normalized spacial score (nSPS) is 18.1. The average Bonchev–Trinajstić information content (AvgIpc) is 2.46. The van der Waals surface area contributed by atoms with Gasteiger partial charge in [-0.15, -0.1) is 0 Å². The lowest BCUT2D eigenvalue weighted by Gasteiger charge is -2.30. The van der Waals surface area contributed by atoms with E-state index in [2.05, 4.69) is 5.32 Å². The Morgan fingerprint density at radius 1 is 1.38 bits per heavy atom. The predicted molar refractivity (Wildman–Crippen MR) is 75.4 cm³/mol. The number of benzene rings is 1. The lowest BCUT2D eigenvalue weighted by molar-refractivity contribution is -0.139. The standard InChI is InChI=1S/C14H18N2O5/c17-10-4-3-7-16(8-10)14(20)15-11-5-1-2-6-12(11)21-9-13(18)19/h1-2,5-6,10,17H,3-4,7-9H2,(H,15,20)(H,18,19). The summed E-state index contributed by atoms with van der Waals surface area (Å²) in [4.78, 5) is 24.2. The van der Waals surface area contributed by atoms with Crippen molar-refractivity contribution < 1.29 is 24.5 Å². The molecule has 0 aliphatic carbocycles. The van der Waals surface area contributed by atoms with Crippen LogP contribution >= 0.6 is 0 Å². The highest BCUT2D eigenvalue weighted by molar-refractivity contribution is 5.91. The van der Waals surface area contributed by atoms with Gasteiger partial charge in [-0.1, -0.05) is 12.1 Å². The summed E-state index contributed by atoms with van der Waals surface area (Å²) in [5, 5.41) is 20.9. The molecule has 0 radical (unpaired) electrons. The number of ether oxygens (including phenoxy) is 1. The number of likely N-dealkylation sites (tertiary alicyclic amines) is 1. The van der Waals surface area contributed by atoms with Crippen LogP contribution in [0.5, 0.6) is 5.75 Å². The van der Waals surface area contributed by atoms with Crippen LogP contribution in [0.1, 0.15) is 12.8 Å². The summed E-state index contributed by atoms with van der Waals surface area (Å²) < 4.78 is 5.13. The first kappa shape index (κ1) is 15.1. The van der Waals surface area contributed by atoms with Crippen molar-refractivity contribution in [1.82, 2.24) is 4.90 Å². The Kier molecular flexibility index (Phi) is 4.99. The second-order valence-corrected chi connectivity index (χ2v) is 4.85. The summed E-state index contributed by atoms with van der Waals surface area (Å²) in [5.41, 5.74) is 0.406. The number of hydrogen-bond acceptors (Lipinski definition) is 4. The zero-order valence-corrected chi connectivity index (χ0v) is 11.5. The van der Waals surface area contributed by atoms with E-state index in [1.165, 1.54) is 4.90 Å². The third-order valence-corrected chi connectivity index (χ3v) is 3.16. The summed E-state index contributed by atoms with van der Waals surface area (Å²) in [6.07, 6.45) is 0.955. The van der Waals surface area contributed by atoms with E-state index in [1.807, 2.05) is 0 Å². The zero-order valence-electron chi connectivity index (χ0n) is 11.5. The number of nitrogens with one attached hydrogen (secondary N) is 1. The van der Waals surface area contributed by atoms with Crippen molar-refractivity contribution in [2.45, 2.75) is 18.9 Å². The van der Waals surface area contributed by atoms with E-state index in [4.69, 9.17) is 9.84 Å². The molecule has 1 atom stereocenters. The number of hydrogen-bond donors (Lipinski definition) is 3. The fourth-order valence-electron chi connectivity index (χ4n) is 2.17. The van der Waals surface area contributed by atoms with Crippen molar-refractivity contribution in [1.29, 1.82) is 0 Å². The number of nitrogens with zero attached hydrogens (tertiary/aromatic N) is 1. The summed E-state index contributed by atoms with van der Waals surface area (Å²) >= 11 is 0. The number of carbonyl (C=O) groups excluding carboxylic acids is 1. The molecule has 1 heterocycles. The number of aliphatic hydroxyl groups is 1. The Bertz CT molecular complexity index is 520. The van der Waals surface area contributed by atoms with Gasteiger partial charge < -0.3 is 25.2 Å². The van der Waals surface area contributed by atoms with Crippen molar-refractivity contribution in [3.8, 4) is 5.75 Å². The van der Waals surface area contributed by atoms with Gasteiger partial charge in [-0.2, -0.15) is 0 Å². The molecule has 1 unspecified atom stereocenters. The van der Waals surface area contributed by atoms with Gasteiger partial charge in [0.05, 0.1) is 11.8 Å². The van der Waals surface area contributed by atoms with Gasteiger partial charge in [-0.25, -0.2) is 9.59 Å². The topological polar surface area (TPSA) is 99.1 Å². The first-order valence-electron chi connectivity index (χ1n) is 6.74. The highest BCUT2D eigenvalue weighted by Gasteiger charge is 2.22. The van der Waals surface area contributed by atoms with Gasteiger partial charge in [-0.05, 0) is 25.0 Å². The van der Waals surface area contributed by atoms with E-state index in [9.17, 15) is 14.7 Å². The van der Waals surface area contributed by atoms with Gasteiger partial charge in [0.2, 0.25) is 0 Å². The van der Waals surface area contributed by atoms with Crippen LogP contribution in [0.4, 0.5) is 10.5 Å². The summed E-state index contributed by atoms with van der Waals surface area (Å²) in [5.74, 6) is -0.791. The fourth-order valence-corrected chi connectivity index (χ4v) is 2.17. The third-order valence-electron chi connectivity index (χ3n) is 3.16. The monoisotopic (exact) mass is 294 g/mol. The molecule has 3 N–H and O–H groups in total. The molecule has 7 nitrogen and oxygen atoms in total. The Hall–Kier alpha value is -2.28. The Balaban J connectivity index is 2.01. The van der Waals surface area contributed by atoms with Crippen LogP contribution in [-0.4, -0.2) is 52.9 Å². The number of aliphatic carboxylic acids is 1. The number of para-hydroxylation sites is 2. The van der Waals surface area contributed by atoms with Crippen LogP contribution in [-0.2, 0) is 4.79 Å². The molecule has 0 bridgehead atoms. The predicted octanol–water partition coefficient (Wildman–Crippen LogP) is 1.14. The van der Waals surface area contributed by atoms with Gasteiger partial charge in [-0.3, -0.25) is 0 Å². The maximum Gasteiger partial charge on any atom is 0.341 e. The van der Waals surface area contributed by atoms with Crippen LogP contribution < -0.4 is 10.1 Å². The second-order valence-electron chi connectivity index (χ2n) is 4.85. The number of amides is 2. The summed E-state index contributed by atoms with van der Waals surface area (Å²) in [6, 6.07) is 6.30. The molecule has 7 heteroatoms. The quantitative estimate of drug-likeness (QED) is 0.773. The van der Waals surface area contributed by atoms with Crippen molar-refractivity contribution in [2.24, 2.45) is 0 Å². The summed E-state index contributed by atoms with van der Waals surface area (Å²) in [7, 11) is 0. The Morgan fingerprint density at radius 2 is 2.14 bits per heavy atom. The number of carbonyl (C=O) groups is 2. The minimum Gasteiger partial charge on any atom is -0.480 e. The molecule has 1 aliphatic rings. The average molecular weight is 294 g/mol. The minimum absolute atomic E-state index is 0.296. The van der Waals surface area contributed by atoms with E-state index in [0.29, 0.717) is 30.9 Å². The number of rotatable bonds is 4. The number of β-amino-alcohol motifs (C(OH)–C–C–N with tert-alkyl or cyclic N) is 1. The maximum absolute atomic E-state index is 12.1. The number of aliphatic hydroxyl groups excluding tert-OH is 1. The molecule has 0 spiro atoms. The molecule has 0 aromatic heterocycles. The number of carboxylic acids is 1. The third kappa shape index (κ3) is 4.35. The van der Waals surface area contributed by atoms with Crippen molar-refractivity contribution in [3.63, 3.8) is 0 Å². The molecular formula is C14H18N2O5. The molecule has 1 saturated heterocycles. The molecule has 1 fully saturated rings. The number of urea groups is 1. The molecule has 21 heavy (non-hydrogen) atoms. The van der Waals surface area contributed by atoms with Crippen LogP contribution in [0.25, 0.3) is 0 Å². The van der Waals surface area contributed by atoms with Crippen molar-refractivity contribution in [2.75, 3.05) is 25.0 Å². The number of carboxylic acid groups (broad SMARTS) is 1. The van der Waals surface area contributed by atoms with Crippen LogP contribution in [0.2, 0.25) is 0 Å². The lowest BCUT2D eigenvalue weighted by atomic mass is 10.1. The maximum atomic E-state index is 12.1. The van der Waals surface area contributed by atoms with Gasteiger partial charge >= 0.3 is 12.0 Å². The molecule has 0 saturated carbocycles. The van der Waals surface area contributed by atoms with E-state index in [0.717, 1.165) is 6.42 Å². The Labute approximate surface area is 122 Å². The van der Waals surface area contributed by atoms with Gasteiger partial charge in [0.25, 0.3) is 0 Å². The molecule has 1 aromatic rings. The largest absolute Gasteiger partial charge is 0.480 e. The highest BCUT2D eigenvalue weighted by atomic mass is 16.5. The molecule has 114 valence electrons. The van der Waals surface area contributed by atoms with Crippen LogP contribution in [0, 0.1) is 0 Å². The van der Waals surface area contributed by atoms with E-state index < -0.39 is 18.7 Å². The fraction of sp³-hybridized carbons (Fsp3) is 0.429. The van der Waals surface area contributed by atoms with Gasteiger partial charge in [0, 0.05) is 13.1 Å². The molecule has 1 aliphatic heterocycles. The van der Waals surface area contributed by atoms with Crippen molar-refractivity contribution >= 4 is 17.7 Å². The first-order chi connectivity index (χ1) is 10.1. The summed E-state index contributed by atoms with van der Waals surface area (Å²) in [6.45, 7) is 0.403. The SMILES string of the molecule is O=C(O)COc1ccccc1NC(=O)N1CCCC(O)C1. The van der Waals surface area contributed by atoms with Crippen molar-refractivity contribution in [3.05, 3.63) is 24.3 Å². The van der Waals surface area contributed by atoms with Gasteiger partial charge in [0.1, 0.15) is 5.75 Å². The van der Waals surface area contributed by atoms with Crippen LogP contribution in [0.15, 0.2) is 24.3 Å². The van der Waals surface area contributed by atoms with Gasteiger partial charge in [0.15, 0.2) is 6.61 Å². The minimum atomic E-state index is -1.09. The van der Waals surface area contributed by atoms with E-state index >= 15 is 0 Å². The zero-order chi connectivity index (χ0) is 15.2. The van der Waals surface area contributed by atoms with E-state index in [1.54, 1.807) is 24.3 Å². The second kappa shape index (κ2) is 6.94.